The number of halogens is 1. The van der Waals surface area contributed by atoms with E-state index in [-0.39, 0.29) is 30.4 Å². The van der Waals surface area contributed by atoms with Crippen molar-refractivity contribution in [3.8, 4) is 5.75 Å². The molecule has 4 nitrogen and oxygen atoms in total. The predicted molar refractivity (Wildman–Crippen MR) is 96.2 cm³/mol. The standard InChI is InChI=1S/C18H28N2O2.ClH/c1-13(2)10-12-22-16-8-6-15(7-9-16)14(3)20-18(21)17-5-4-11-19-17;/h6-9,13-14,17,19H,4-5,10-12H2,1-3H3,(H,20,21);1H. The number of rotatable bonds is 7. The monoisotopic (exact) mass is 340 g/mol. The van der Waals surface area contributed by atoms with Crippen LogP contribution in [0.3, 0.4) is 0 Å². The summed E-state index contributed by atoms with van der Waals surface area (Å²) < 4.78 is 5.72. The first kappa shape index (κ1) is 19.8. The highest BCUT2D eigenvalue weighted by molar-refractivity contribution is 5.85. The van der Waals surface area contributed by atoms with E-state index in [1.807, 2.05) is 31.2 Å². The third-order valence-electron chi connectivity index (χ3n) is 4.08. The highest BCUT2D eigenvalue weighted by Gasteiger charge is 2.23. The first-order valence-electron chi connectivity index (χ1n) is 8.33. The zero-order chi connectivity index (χ0) is 15.9. The van der Waals surface area contributed by atoms with E-state index in [4.69, 9.17) is 4.74 Å². The Morgan fingerprint density at radius 1 is 1.30 bits per heavy atom. The summed E-state index contributed by atoms with van der Waals surface area (Å²) in [6, 6.07) is 7.99. The molecule has 2 atom stereocenters. The van der Waals surface area contributed by atoms with Gasteiger partial charge in [0.05, 0.1) is 18.7 Å². The lowest BCUT2D eigenvalue weighted by molar-refractivity contribution is -0.123. The molecule has 0 aromatic heterocycles. The average Bonchev–Trinajstić information content (AvgIpc) is 3.02. The van der Waals surface area contributed by atoms with Crippen LogP contribution < -0.4 is 15.4 Å². The zero-order valence-corrected chi connectivity index (χ0v) is 15.1. The van der Waals surface area contributed by atoms with Gasteiger partial charge >= 0.3 is 0 Å². The molecule has 1 amide bonds. The minimum atomic E-state index is -0.0268. The molecular formula is C18H29ClN2O2. The van der Waals surface area contributed by atoms with Gasteiger partial charge in [0, 0.05) is 0 Å². The van der Waals surface area contributed by atoms with Gasteiger partial charge in [0.2, 0.25) is 5.91 Å². The van der Waals surface area contributed by atoms with Crippen molar-refractivity contribution in [2.75, 3.05) is 13.2 Å². The lowest BCUT2D eigenvalue weighted by Crippen LogP contribution is -2.41. The Morgan fingerprint density at radius 2 is 2.00 bits per heavy atom. The predicted octanol–water partition coefficient (Wildman–Crippen LogP) is 3.46. The maximum Gasteiger partial charge on any atom is 0.237 e. The van der Waals surface area contributed by atoms with Crippen LogP contribution in [0.1, 0.15) is 51.6 Å². The first-order chi connectivity index (χ1) is 10.6. The second-order valence-corrected chi connectivity index (χ2v) is 6.48. The Hall–Kier alpha value is -1.26. The van der Waals surface area contributed by atoms with Crippen molar-refractivity contribution >= 4 is 18.3 Å². The van der Waals surface area contributed by atoms with Gasteiger partial charge in [-0.3, -0.25) is 4.79 Å². The highest BCUT2D eigenvalue weighted by Crippen LogP contribution is 2.18. The summed E-state index contributed by atoms with van der Waals surface area (Å²) >= 11 is 0. The van der Waals surface area contributed by atoms with Crippen LogP contribution in [0.15, 0.2) is 24.3 Å². The van der Waals surface area contributed by atoms with E-state index in [2.05, 4.69) is 24.5 Å². The largest absolute Gasteiger partial charge is 0.494 e. The van der Waals surface area contributed by atoms with Crippen molar-refractivity contribution in [1.29, 1.82) is 0 Å². The topological polar surface area (TPSA) is 50.4 Å². The molecule has 0 saturated carbocycles. The van der Waals surface area contributed by atoms with Crippen LogP contribution in [0.5, 0.6) is 5.75 Å². The van der Waals surface area contributed by atoms with E-state index >= 15 is 0 Å². The van der Waals surface area contributed by atoms with Gasteiger partial charge in [-0.15, -0.1) is 12.4 Å². The summed E-state index contributed by atoms with van der Waals surface area (Å²) in [7, 11) is 0. The fraction of sp³-hybridized carbons (Fsp3) is 0.611. The third kappa shape index (κ3) is 6.40. The minimum Gasteiger partial charge on any atom is -0.494 e. The fourth-order valence-corrected chi connectivity index (χ4v) is 2.57. The number of amides is 1. The van der Waals surface area contributed by atoms with Crippen molar-refractivity contribution in [3.63, 3.8) is 0 Å². The minimum absolute atomic E-state index is 0. The molecule has 1 aromatic rings. The van der Waals surface area contributed by atoms with E-state index in [1.165, 1.54) is 0 Å². The third-order valence-corrected chi connectivity index (χ3v) is 4.08. The number of nitrogens with one attached hydrogen (secondary N) is 2. The molecule has 0 bridgehead atoms. The van der Waals surface area contributed by atoms with Crippen molar-refractivity contribution in [3.05, 3.63) is 29.8 Å². The molecule has 1 aromatic carbocycles. The number of hydrogen-bond acceptors (Lipinski definition) is 3. The van der Waals surface area contributed by atoms with E-state index in [9.17, 15) is 4.79 Å². The molecule has 23 heavy (non-hydrogen) atoms. The van der Waals surface area contributed by atoms with Crippen LogP contribution in [-0.2, 0) is 4.79 Å². The molecule has 2 unspecified atom stereocenters. The molecule has 0 spiro atoms. The summed E-state index contributed by atoms with van der Waals surface area (Å²) in [4.78, 5) is 12.1. The van der Waals surface area contributed by atoms with Crippen LogP contribution in [0.25, 0.3) is 0 Å². The molecule has 1 fully saturated rings. The van der Waals surface area contributed by atoms with Crippen molar-refractivity contribution in [2.24, 2.45) is 5.92 Å². The molecule has 0 radical (unpaired) electrons. The molecule has 1 heterocycles. The second-order valence-electron chi connectivity index (χ2n) is 6.48. The lowest BCUT2D eigenvalue weighted by Gasteiger charge is -2.18. The Kier molecular flexibility index (Phi) is 8.42. The van der Waals surface area contributed by atoms with Crippen molar-refractivity contribution in [1.82, 2.24) is 10.6 Å². The van der Waals surface area contributed by atoms with E-state index in [1.54, 1.807) is 0 Å². The van der Waals surface area contributed by atoms with Gasteiger partial charge in [-0.05, 0) is 56.3 Å². The summed E-state index contributed by atoms with van der Waals surface area (Å²) in [5, 5.41) is 6.30. The Balaban J connectivity index is 0.00000264. The van der Waals surface area contributed by atoms with E-state index in [0.29, 0.717) is 5.92 Å². The summed E-state index contributed by atoms with van der Waals surface area (Å²) in [6.07, 6.45) is 3.07. The summed E-state index contributed by atoms with van der Waals surface area (Å²) in [6.45, 7) is 8.08. The molecule has 2 N–H and O–H groups in total. The molecule has 130 valence electrons. The molecule has 0 aliphatic carbocycles. The number of hydrogen-bond donors (Lipinski definition) is 2. The Bertz CT molecular complexity index is 470. The fourth-order valence-electron chi connectivity index (χ4n) is 2.57. The van der Waals surface area contributed by atoms with Gasteiger partial charge in [-0.2, -0.15) is 0 Å². The highest BCUT2D eigenvalue weighted by atomic mass is 35.5. The normalized spacial score (nSPS) is 18.3. The van der Waals surface area contributed by atoms with Gasteiger partial charge < -0.3 is 15.4 Å². The van der Waals surface area contributed by atoms with Crippen molar-refractivity contribution in [2.45, 2.75) is 52.1 Å². The van der Waals surface area contributed by atoms with Gasteiger partial charge in [-0.1, -0.05) is 26.0 Å². The van der Waals surface area contributed by atoms with Gasteiger partial charge in [0.25, 0.3) is 0 Å². The SMILES string of the molecule is CC(C)CCOc1ccc(C(C)NC(=O)C2CCCN2)cc1.Cl. The summed E-state index contributed by atoms with van der Waals surface area (Å²) in [5.74, 6) is 1.64. The van der Waals surface area contributed by atoms with E-state index < -0.39 is 0 Å². The Labute approximate surface area is 145 Å². The van der Waals surface area contributed by atoms with Crippen LogP contribution in [-0.4, -0.2) is 25.1 Å². The molecule has 1 aliphatic rings. The number of benzene rings is 1. The van der Waals surface area contributed by atoms with Crippen molar-refractivity contribution < 1.29 is 9.53 Å². The maximum absolute atomic E-state index is 12.1. The first-order valence-corrected chi connectivity index (χ1v) is 8.33. The number of ether oxygens (including phenoxy) is 1. The number of carbonyl (C=O) groups is 1. The van der Waals surface area contributed by atoms with Crippen LogP contribution in [0.4, 0.5) is 0 Å². The van der Waals surface area contributed by atoms with Crippen LogP contribution >= 0.6 is 12.4 Å². The maximum atomic E-state index is 12.1. The molecule has 1 aliphatic heterocycles. The molecule has 5 heteroatoms. The van der Waals surface area contributed by atoms with Gasteiger partial charge in [0.1, 0.15) is 5.75 Å². The number of carbonyl (C=O) groups excluding carboxylic acids is 1. The lowest BCUT2D eigenvalue weighted by atomic mass is 10.1. The van der Waals surface area contributed by atoms with E-state index in [0.717, 1.165) is 43.7 Å². The van der Waals surface area contributed by atoms with Crippen LogP contribution in [0, 0.1) is 5.92 Å². The Morgan fingerprint density at radius 3 is 2.57 bits per heavy atom. The smallest absolute Gasteiger partial charge is 0.237 e. The second kappa shape index (κ2) is 9.78. The van der Waals surface area contributed by atoms with Crippen LogP contribution in [0.2, 0.25) is 0 Å². The van der Waals surface area contributed by atoms with Gasteiger partial charge in [0.15, 0.2) is 0 Å². The quantitative estimate of drug-likeness (QED) is 0.799. The average molecular weight is 341 g/mol. The molecular weight excluding hydrogens is 312 g/mol. The molecule has 2 rings (SSSR count). The summed E-state index contributed by atoms with van der Waals surface area (Å²) in [5.41, 5.74) is 1.10. The van der Waals surface area contributed by atoms with Gasteiger partial charge in [-0.25, -0.2) is 0 Å². The zero-order valence-electron chi connectivity index (χ0n) is 14.3. The molecule has 1 saturated heterocycles.